The molecule has 29 heavy (non-hydrogen) atoms. The van der Waals surface area contributed by atoms with Crippen molar-refractivity contribution in [2.75, 3.05) is 6.54 Å². The summed E-state index contributed by atoms with van der Waals surface area (Å²) in [6.07, 6.45) is -4.22. The molecule has 1 aliphatic heterocycles. The Hall–Kier alpha value is -3.16. The molecule has 1 unspecified atom stereocenters. The predicted octanol–water partition coefficient (Wildman–Crippen LogP) is 4.58. The molecule has 2 heterocycles. The lowest BCUT2D eigenvalue weighted by Gasteiger charge is -2.17. The van der Waals surface area contributed by atoms with Crippen molar-refractivity contribution in [3.8, 4) is 11.4 Å². The molecule has 0 bridgehead atoms. The van der Waals surface area contributed by atoms with Crippen LogP contribution in [0.3, 0.4) is 0 Å². The number of aromatic nitrogens is 2. The average molecular weight is 401 g/mol. The molecular weight excluding hydrogens is 383 g/mol. The van der Waals surface area contributed by atoms with Crippen LogP contribution < -0.4 is 0 Å². The third kappa shape index (κ3) is 4.16. The van der Waals surface area contributed by atoms with E-state index in [0.717, 1.165) is 23.3 Å². The highest BCUT2D eigenvalue weighted by molar-refractivity contribution is 5.79. The lowest BCUT2D eigenvalue weighted by atomic mass is 10.1. The van der Waals surface area contributed by atoms with Crippen LogP contribution in [0.15, 0.2) is 53.1 Å². The van der Waals surface area contributed by atoms with Gasteiger partial charge in [0.1, 0.15) is 0 Å². The lowest BCUT2D eigenvalue weighted by molar-refractivity contribution is -0.137. The van der Waals surface area contributed by atoms with Gasteiger partial charge in [-0.15, -0.1) is 0 Å². The molecule has 150 valence electrons. The van der Waals surface area contributed by atoms with Crippen molar-refractivity contribution >= 4 is 5.91 Å². The third-order valence-electron chi connectivity index (χ3n) is 4.91. The highest BCUT2D eigenvalue weighted by Gasteiger charge is 2.35. The van der Waals surface area contributed by atoms with Gasteiger partial charge in [-0.3, -0.25) is 4.79 Å². The van der Waals surface area contributed by atoms with Crippen LogP contribution in [0, 0.1) is 6.92 Å². The summed E-state index contributed by atoms with van der Waals surface area (Å²) in [5.41, 5.74) is 1.60. The number of alkyl halides is 3. The van der Waals surface area contributed by atoms with Gasteiger partial charge in [-0.25, -0.2) is 0 Å². The molecular formula is C21H18F3N3O2. The van der Waals surface area contributed by atoms with E-state index in [1.54, 1.807) is 6.07 Å². The highest BCUT2D eigenvalue weighted by atomic mass is 19.4. The minimum Gasteiger partial charge on any atom is -0.339 e. The number of benzene rings is 2. The van der Waals surface area contributed by atoms with Crippen molar-refractivity contribution in [2.45, 2.75) is 32.0 Å². The standard InChI is InChI=1S/C21H18F3N3O2/c1-13-4-2-6-15(8-13)19-25-20(29-26-19)16-10-18(28)27(12-16)11-14-5-3-7-17(9-14)21(22,23)24/h2-9,16H,10-12H2,1H3. The van der Waals surface area contributed by atoms with Crippen molar-refractivity contribution in [1.29, 1.82) is 0 Å². The molecule has 8 heteroatoms. The van der Waals surface area contributed by atoms with E-state index < -0.39 is 11.7 Å². The van der Waals surface area contributed by atoms with Crippen molar-refractivity contribution in [3.05, 3.63) is 71.1 Å². The number of nitrogens with zero attached hydrogens (tertiary/aromatic N) is 3. The second kappa shape index (κ2) is 7.35. The summed E-state index contributed by atoms with van der Waals surface area (Å²) in [5, 5.41) is 4.00. The molecule has 0 spiro atoms. The van der Waals surface area contributed by atoms with E-state index in [2.05, 4.69) is 10.1 Å². The van der Waals surface area contributed by atoms with E-state index in [0.29, 0.717) is 23.8 Å². The fourth-order valence-corrected chi connectivity index (χ4v) is 3.46. The Labute approximate surface area is 165 Å². The van der Waals surface area contributed by atoms with Gasteiger partial charge in [0.2, 0.25) is 17.6 Å². The number of aryl methyl sites for hydroxylation is 1. The number of amides is 1. The first kappa shape index (κ1) is 19.2. The van der Waals surface area contributed by atoms with Crippen LogP contribution in [0.5, 0.6) is 0 Å². The SMILES string of the molecule is Cc1cccc(-c2noc(C3CC(=O)N(Cc4cccc(C(F)(F)F)c4)C3)n2)c1. The zero-order chi connectivity index (χ0) is 20.6. The molecule has 1 aliphatic rings. The summed E-state index contributed by atoms with van der Waals surface area (Å²) in [6, 6.07) is 12.7. The molecule has 0 aliphatic carbocycles. The van der Waals surface area contributed by atoms with Crippen LogP contribution in [-0.2, 0) is 17.5 Å². The maximum Gasteiger partial charge on any atom is 0.416 e. The van der Waals surface area contributed by atoms with Crippen LogP contribution in [0.1, 0.15) is 34.9 Å². The maximum atomic E-state index is 12.9. The summed E-state index contributed by atoms with van der Waals surface area (Å²) in [4.78, 5) is 18.3. The van der Waals surface area contributed by atoms with Crippen molar-refractivity contribution < 1.29 is 22.5 Å². The molecule has 1 saturated heterocycles. The fourth-order valence-electron chi connectivity index (χ4n) is 3.46. The van der Waals surface area contributed by atoms with E-state index in [9.17, 15) is 18.0 Å². The molecule has 0 N–H and O–H groups in total. The second-order valence-corrected chi connectivity index (χ2v) is 7.20. The topological polar surface area (TPSA) is 59.2 Å². The van der Waals surface area contributed by atoms with E-state index >= 15 is 0 Å². The van der Waals surface area contributed by atoms with Gasteiger partial charge in [0, 0.05) is 25.1 Å². The minimum absolute atomic E-state index is 0.109. The summed E-state index contributed by atoms with van der Waals surface area (Å²) >= 11 is 0. The normalized spacial score (nSPS) is 17.2. The summed E-state index contributed by atoms with van der Waals surface area (Å²) in [6.45, 7) is 2.40. The maximum absolute atomic E-state index is 12.9. The summed E-state index contributed by atoms with van der Waals surface area (Å²) in [7, 11) is 0. The van der Waals surface area contributed by atoms with E-state index in [4.69, 9.17) is 4.52 Å². The van der Waals surface area contributed by atoms with Gasteiger partial charge >= 0.3 is 6.18 Å². The predicted molar refractivity (Wildman–Crippen MR) is 98.7 cm³/mol. The zero-order valence-corrected chi connectivity index (χ0v) is 15.6. The van der Waals surface area contributed by atoms with Crippen molar-refractivity contribution in [3.63, 3.8) is 0 Å². The number of hydrogen-bond donors (Lipinski definition) is 0. The quantitative estimate of drug-likeness (QED) is 0.642. The monoisotopic (exact) mass is 401 g/mol. The summed E-state index contributed by atoms with van der Waals surface area (Å²) < 4.78 is 44.1. The van der Waals surface area contributed by atoms with Crippen molar-refractivity contribution in [1.82, 2.24) is 15.0 Å². The number of carbonyl (C=O) groups excluding carboxylic acids is 1. The second-order valence-electron chi connectivity index (χ2n) is 7.20. The lowest BCUT2D eigenvalue weighted by Crippen LogP contribution is -2.24. The number of likely N-dealkylation sites (tertiary alicyclic amines) is 1. The van der Waals surface area contributed by atoms with E-state index in [1.165, 1.54) is 11.0 Å². The first-order valence-corrected chi connectivity index (χ1v) is 9.14. The van der Waals surface area contributed by atoms with Gasteiger partial charge in [-0.1, -0.05) is 41.1 Å². The fraction of sp³-hybridized carbons (Fsp3) is 0.286. The summed E-state index contributed by atoms with van der Waals surface area (Å²) in [5.74, 6) is 0.385. The Morgan fingerprint density at radius 3 is 2.72 bits per heavy atom. The molecule has 1 atom stereocenters. The number of hydrogen-bond acceptors (Lipinski definition) is 4. The van der Waals surface area contributed by atoms with Crippen molar-refractivity contribution in [2.24, 2.45) is 0 Å². The molecule has 0 saturated carbocycles. The van der Waals surface area contributed by atoms with Gasteiger partial charge in [0.05, 0.1) is 11.5 Å². The van der Waals surface area contributed by atoms with Gasteiger partial charge in [0.25, 0.3) is 0 Å². The van der Waals surface area contributed by atoms with Gasteiger partial charge < -0.3 is 9.42 Å². The van der Waals surface area contributed by atoms with Gasteiger partial charge in [-0.05, 0) is 30.7 Å². The van der Waals surface area contributed by atoms with E-state index in [1.807, 2.05) is 31.2 Å². The first-order chi connectivity index (χ1) is 13.8. The smallest absolute Gasteiger partial charge is 0.339 e. The Morgan fingerprint density at radius 1 is 1.17 bits per heavy atom. The van der Waals surface area contributed by atoms with Crippen LogP contribution in [0.2, 0.25) is 0 Å². The number of rotatable bonds is 4. The van der Waals surface area contributed by atoms with Crippen LogP contribution in [0.4, 0.5) is 13.2 Å². The molecule has 4 rings (SSSR count). The van der Waals surface area contributed by atoms with Gasteiger partial charge in [-0.2, -0.15) is 18.2 Å². The average Bonchev–Trinajstić information content (AvgIpc) is 3.29. The zero-order valence-electron chi connectivity index (χ0n) is 15.6. The third-order valence-corrected chi connectivity index (χ3v) is 4.91. The molecule has 2 aromatic carbocycles. The minimum atomic E-state index is -4.41. The highest BCUT2D eigenvalue weighted by Crippen LogP contribution is 2.32. The Morgan fingerprint density at radius 2 is 1.97 bits per heavy atom. The Bertz CT molecular complexity index is 1050. The molecule has 1 amide bonds. The van der Waals surface area contributed by atoms with Crippen LogP contribution in [-0.4, -0.2) is 27.5 Å². The van der Waals surface area contributed by atoms with E-state index in [-0.39, 0.29) is 24.8 Å². The number of halogens is 3. The molecule has 5 nitrogen and oxygen atoms in total. The molecule has 3 aromatic rings. The Kier molecular flexibility index (Phi) is 4.86. The van der Waals surface area contributed by atoms with Crippen LogP contribution in [0.25, 0.3) is 11.4 Å². The Balaban J connectivity index is 1.48. The molecule has 1 aromatic heterocycles. The van der Waals surface area contributed by atoms with Crippen LogP contribution >= 0.6 is 0 Å². The first-order valence-electron chi connectivity index (χ1n) is 9.14. The molecule has 1 fully saturated rings. The van der Waals surface area contributed by atoms with Gasteiger partial charge in [0.15, 0.2) is 0 Å². The number of carbonyl (C=O) groups is 1. The largest absolute Gasteiger partial charge is 0.416 e. The molecule has 0 radical (unpaired) electrons.